The van der Waals surface area contributed by atoms with E-state index in [2.05, 4.69) is 0 Å². The lowest BCUT2D eigenvalue weighted by atomic mass is 10.2. The Morgan fingerprint density at radius 3 is 2.71 bits per heavy atom. The van der Waals surface area contributed by atoms with Crippen molar-refractivity contribution in [3.8, 4) is 0 Å². The van der Waals surface area contributed by atoms with E-state index in [1.807, 2.05) is 37.3 Å². The summed E-state index contributed by atoms with van der Waals surface area (Å²) in [5.41, 5.74) is 6.67. The molecule has 0 saturated carbocycles. The topological polar surface area (TPSA) is 75.9 Å². The highest BCUT2D eigenvalue weighted by atomic mass is 16.6. The van der Waals surface area contributed by atoms with Crippen LogP contribution in [0.2, 0.25) is 0 Å². The first-order chi connectivity index (χ1) is 11.5. The van der Waals surface area contributed by atoms with Crippen molar-refractivity contribution in [2.75, 3.05) is 19.6 Å². The van der Waals surface area contributed by atoms with Crippen LogP contribution in [0.25, 0.3) is 0 Å². The second-order valence-corrected chi connectivity index (χ2v) is 6.20. The molecule has 2 rings (SSSR count). The number of ether oxygens (including phenoxy) is 1. The lowest BCUT2D eigenvalue weighted by Crippen LogP contribution is -2.49. The molecule has 6 heteroatoms. The molecule has 1 aliphatic rings. The molecule has 1 aromatic carbocycles. The molecule has 0 spiro atoms. The minimum atomic E-state index is -0.509. The minimum absolute atomic E-state index is 0.0210. The van der Waals surface area contributed by atoms with E-state index in [1.165, 1.54) is 0 Å². The zero-order chi connectivity index (χ0) is 17.5. The molecule has 1 aliphatic heterocycles. The van der Waals surface area contributed by atoms with E-state index in [0.717, 1.165) is 18.4 Å². The molecule has 2 atom stereocenters. The summed E-state index contributed by atoms with van der Waals surface area (Å²) in [4.78, 5) is 27.9. The maximum Gasteiger partial charge on any atom is 0.410 e. The predicted octanol–water partition coefficient (Wildman–Crippen LogP) is 1.98. The minimum Gasteiger partial charge on any atom is -0.445 e. The van der Waals surface area contributed by atoms with E-state index in [4.69, 9.17) is 10.5 Å². The molecule has 6 nitrogen and oxygen atoms in total. The van der Waals surface area contributed by atoms with Crippen LogP contribution < -0.4 is 5.73 Å². The summed E-state index contributed by atoms with van der Waals surface area (Å²) < 4.78 is 5.39. The zero-order valence-electron chi connectivity index (χ0n) is 14.5. The van der Waals surface area contributed by atoms with Gasteiger partial charge in [0.05, 0.1) is 6.04 Å². The molecule has 2 N–H and O–H groups in total. The van der Waals surface area contributed by atoms with Crippen molar-refractivity contribution < 1.29 is 14.3 Å². The van der Waals surface area contributed by atoms with Gasteiger partial charge in [-0.3, -0.25) is 4.79 Å². The second kappa shape index (κ2) is 8.68. The van der Waals surface area contributed by atoms with Gasteiger partial charge in [-0.1, -0.05) is 30.3 Å². The van der Waals surface area contributed by atoms with Gasteiger partial charge in [0, 0.05) is 25.7 Å². The van der Waals surface area contributed by atoms with Crippen LogP contribution in [0.3, 0.4) is 0 Å². The van der Waals surface area contributed by atoms with Crippen molar-refractivity contribution in [2.45, 2.75) is 45.4 Å². The summed E-state index contributed by atoms with van der Waals surface area (Å²) in [7, 11) is 0. The standard InChI is InChI=1S/C18H27N3O3/c1-3-20(18(23)24-13-15-8-5-4-6-9-15)12-16-10-7-11-21(16)17(22)14(2)19/h4-6,8-9,14,16H,3,7,10-13,19H2,1-2H3/t14-,16+/m0/s1. The molecule has 1 aromatic rings. The quantitative estimate of drug-likeness (QED) is 0.864. The van der Waals surface area contributed by atoms with Crippen molar-refractivity contribution in [1.29, 1.82) is 0 Å². The molecule has 0 radical (unpaired) electrons. The SMILES string of the molecule is CCN(C[C@H]1CCCN1C(=O)[C@H](C)N)C(=O)OCc1ccccc1. The molecule has 1 saturated heterocycles. The van der Waals surface area contributed by atoms with Gasteiger partial charge in [-0.25, -0.2) is 4.79 Å². The molecule has 2 amide bonds. The average molecular weight is 333 g/mol. The van der Waals surface area contributed by atoms with E-state index in [9.17, 15) is 9.59 Å². The van der Waals surface area contributed by atoms with Gasteiger partial charge >= 0.3 is 6.09 Å². The first-order valence-corrected chi connectivity index (χ1v) is 8.54. The predicted molar refractivity (Wildman–Crippen MR) is 92.3 cm³/mol. The first kappa shape index (κ1) is 18.3. The van der Waals surface area contributed by atoms with Gasteiger partial charge in [-0.2, -0.15) is 0 Å². The van der Waals surface area contributed by atoms with Crippen LogP contribution in [0.5, 0.6) is 0 Å². The summed E-state index contributed by atoms with van der Waals surface area (Å²) in [5, 5.41) is 0. The van der Waals surface area contributed by atoms with E-state index >= 15 is 0 Å². The van der Waals surface area contributed by atoms with Crippen LogP contribution in [-0.4, -0.2) is 53.5 Å². The maximum absolute atomic E-state index is 12.3. The molecule has 0 aromatic heterocycles. The Bertz CT molecular complexity index is 548. The highest BCUT2D eigenvalue weighted by molar-refractivity contribution is 5.81. The Labute approximate surface area is 143 Å². The maximum atomic E-state index is 12.3. The van der Waals surface area contributed by atoms with Crippen LogP contribution in [0.15, 0.2) is 30.3 Å². The number of amides is 2. The fourth-order valence-corrected chi connectivity index (χ4v) is 2.97. The van der Waals surface area contributed by atoms with Gasteiger partial charge < -0.3 is 20.3 Å². The van der Waals surface area contributed by atoms with E-state index in [-0.39, 0.29) is 24.6 Å². The fraction of sp³-hybridized carbons (Fsp3) is 0.556. The van der Waals surface area contributed by atoms with Gasteiger partial charge in [-0.15, -0.1) is 0 Å². The van der Waals surface area contributed by atoms with Crippen molar-refractivity contribution in [3.63, 3.8) is 0 Å². The number of likely N-dealkylation sites (tertiary alicyclic amines) is 1. The number of carbonyl (C=O) groups excluding carboxylic acids is 2. The lowest BCUT2D eigenvalue weighted by molar-refractivity contribution is -0.133. The highest BCUT2D eigenvalue weighted by Crippen LogP contribution is 2.19. The largest absolute Gasteiger partial charge is 0.445 e. The van der Waals surface area contributed by atoms with Crippen molar-refractivity contribution in [2.24, 2.45) is 5.73 Å². The number of rotatable bonds is 6. The molecule has 132 valence electrons. The first-order valence-electron chi connectivity index (χ1n) is 8.54. The Hall–Kier alpha value is -2.08. The van der Waals surface area contributed by atoms with E-state index in [0.29, 0.717) is 19.6 Å². The number of hydrogen-bond acceptors (Lipinski definition) is 4. The summed E-state index contributed by atoms with van der Waals surface area (Å²) in [6.45, 7) is 5.61. The van der Waals surface area contributed by atoms with Crippen molar-refractivity contribution in [3.05, 3.63) is 35.9 Å². The molecular weight excluding hydrogens is 306 g/mol. The Morgan fingerprint density at radius 1 is 1.38 bits per heavy atom. The number of nitrogens with zero attached hydrogens (tertiary/aromatic N) is 2. The number of hydrogen-bond donors (Lipinski definition) is 1. The van der Waals surface area contributed by atoms with Crippen LogP contribution in [0.4, 0.5) is 4.79 Å². The number of carbonyl (C=O) groups is 2. The van der Waals surface area contributed by atoms with E-state index < -0.39 is 6.04 Å². The number of benzene rings is 1. The number of likely N-dealkylation sites (N-methyl/N-ethyl adjacent to an activating group) is 1. The molecule has 0 aliphatic carbocycles. The summed E-state index contributed by atoms with van der Waals surface area (Å²) >= 11 is 0. The molecule has 0 unspecified atom stereocenters. The van der Waals surface area contributed by atoms with Crippen molar-refractivity contribution >= 4 is 12.0 Å². The monoisotopic (exact) mass is 333 g/mol. The third-order valence-electron chi connectivity index (χ3n) is 4.33. The van der Waals surface area contributed by atoms with Gasteiger partial charge in [0.25, 0.3) is 0 Å². The smallest absolute Gasteiger partial charge is 0.410 e. The van der Waals surface area contributed by atoms with Crippen molar-refractivity contribution in [1.82, 2.24) is 9.80 Å². The van der Waals surface area contributed by atoms with Crippen LogP contribution in [0.1, 0.15) is 32.3 Å². The average Bonchev–Trinajstić information content (AvgIpc) is 3.05. The van der Waals surface area contributed by atoms with Gasteiger partial charge in [-0.05, 0) is 32.3 Å². The van der Waals surface area contributed by atoms with Crippen LogP contribution >= 0.6 is 0 Å². The van der Waals surface area contributed by atoms with Crippen LogP contribution in [0, 0.1) is 0 Å². The summed E-state index contributed by atoms with van der Waals surface area (Å²) in [6, 6.07) is 9.10. The third kappa shape index (κ3) is 4.71. The normalized spacial score (nSPS) is 18.3. The van der Waals surface area contributed by atoms with Gasteiger partial charge in [0.1, 0.15) is 6.61 Å². The second-order valence-electron chi connectivity index (χ2n) is 6.20. The molecule has 24 heavy (non-hydrogen) atoms. The zero-order valence-corrected chi connectivity index (χ0v) is 14.5. The molecular formula is C18H27N3O3. The third-order valence-corrected chi connectivity index (χ3v) is 4.33. The van der Waals surface area contributed by atoms with E-state index in [1.54, 1.807) is 16.7 Å². The highest BCUT2D eigenvalue weighted by Gasteiger charge is 2.32. The fourth-order valence-electron chi connectivity index (χ4n) is 2.97. The van der Waals surface area contributed by atoms with Gasteiger partial charge in [0.15, 0.2) is 0 Å². The van der Waals surface area contributed by atoms with Gasteiger partial charge in [0.2, 0.25) is 5.91 Å². The van der Waals surface area contributed by atoms with Crippen LogP contribution in [-0.2, 0) is 16.1 Å². The Balaban J connectivity index is 1.90. The lowest BCUT2D eigenvalue weighted by Gasteiger charge is -2.30. The Kier molecular flexibility index (Phi) is 6.61. The number of nitrogens with two attached hydrogens (primary N) is 1. The summed E-state index contributed by atoms with van der Waals surface area (Å²) in [6.07, 6.45) is 1.49. The molecule has 1 fully saturated rings. The molecule has 0 bridgehead atoms. The summed E-state index contributed by atoms with van der Waals surface area (Å²) in [5.74, 6) is -0.0498. The molecule has 1 heterocycles. The Morgan fingerprint density at radius 2 is 2.08 bits per heavy atom.